The molecule has 0 spiro atoms. The molecule has 0 fully saturated rings. The summed E-state index contributed by atoms with van der Waals surface area (Å²) in [4.78, 5) is 58.0. The van der Waals surface area contributed by atoms with Gasteiger partial charge in [-0.25, -0.2) is 9.55 Å². The van der Waals surface area contributed by atoms with E-state index in [1.54, 1.807) is 6.92 Å². The topological polar surface area (TPSA) is 188 Å². The number of carbonyl (C=O) groups is 3. The predicted octanol–water partition coefficient (Wildman–Crippen LogP) is 1.79. The van der Waals surface area contributed by atoms with Crippen LogP contribution in [0.3, 0.4) is 0 Å². The summed E-state index contributed by atoms with van der Waals surface area (Å²) in [6.07, 6.45) is 0.453. The number of oxazole rings is 1. The third kappa shape index (κ3) is 8.62. The van der Waals surface area contributed by atoms with Crippen LogP contribution in [0.15, 0.2) is 28.7 Å². The van der Waals surface area contributed by atoms with Gasteiger partial charge in [-0.2, -0.15) is 0 Å². The Bertz CT molecular complexity index is 1060. The summed E-state index contributed by atoms with van der Waals surface area (Å²) in [5.41, 5.74) is 1.27. The summed E-state index contributed by atoms with van der Waals surface area (Å²) in [6, 6.07) is 3.82. The third-order valence-corrected chi connectivity index (χ3v) is 5.24. The van der Waals surface area contributed by atoms with E-state index in [0.29, 0.717) is 23.4 Å². The van der Waals surface area contributed by atoms with Gasteiger partial charge in [0.1, 0.15) is 23.6 Å². The lowest BCUT2D eigenvalue weighted by atomic mass is 10.0. The van der Waals surface area contributed by atoms with Crippen LogP contribution < -0.4 is 15.2 Å². The molecule has 186 valence electrons. The van der Waals surface area contributed by atoms with Crippen LogP contribution in [0, 0.1) is 6.92 Å². The minimum Gasteiger partial charge on any atom is -0.481 e. The molecule has 12 nitrogen and oxygen atoms in total. The van der Waals surface area contributed by atoms with E-state index in [0.717, 1.165) is 0 Å². The van der Waals surface area contributed by atoms with Crippen LogP contribution in [0.25, 0.3) is 0 Å². The van der Waals surface area contributed by atoms with Gasteiger partial charge in [-0.15, -0.1) is 0 Å². The Morgan fingerprint density at radius 2 is 1.82 bits per heavy atom. The van der Waals surface area contributed by atoms with Crippen LogP contribution in [0.4, 0.5) is 0 Å². The zero-order chi connectivity index (χ0) is 25.5. The van der Waals surface area contributed by atoms with Crippen molar-refractivity contribution in [1.29, 1.82) is 0 Å². The number of hydrogen-bond acceptors (Lipinski definition) is 7. The zero-order valence-electron chi connectivity index (χ0n) is 19.0. The fourth-order valence-electron chi connectivity index (χ4n) is 3.24. The Morgan fingerprint density at radius 3 is 2.32 bits per heavy atom. The second-order valence-corrected chi connectivity index (χ2v) is 8.75. The number of amides is 2. The summed E-state index contributed by atoms with van der Waals surface area (Å²) in [5.74, 6) is -1.38. The van der Waals surface area contributed by atoms with E-state index < -0.39 is 37.7 Å². The highest BCUT2D eigenvalue weighted by atomic mass is 31.2. The molecule has 0 aliphatic carbocycles. The van der Waals surface area contributed by atoms with Crippen LogP contribution in [0.5, 0.6) is 5.75 Å². The van der Waals surface area contributed by atoms with Crippen molar-refractivity contribution in [1.82, 2.24) is 15.6 Å². The van der Waals surface area contributed by atoms with Gasteiger partial charge in [0.25, 0.3) is 0 Å². The molecule has 0 radical (unpaired) electrons. The van der Waals surface area contributed by atoms with Crippen molar-refractivity contribution in [3.63, 3.8) is 0 Å². The van der Waals surface area contributed by atoms with Gasteiger partial charge in [0.05, 0.1) is 5.69 Å². The van der Waals surface area contributed by atoms with Crippen molar-refractivity contribution < 1.29 is 42.8 Å². The maximum Gasteiger partial charge on any atom is 0.524 e. The summed E-state index contributed by atoms with van der Waals surface area (Å²) in [7, 11) is -4.71. The van der Waals surface area contributed by atoms with Gasteiger partial charge in [0.2, 0.25) is 17.7 Å². The molecule has 1 heterocycles. The maximum absolute atomic E-state index is 13.1. The van der Waals surface area contributed by atoms with Crippen LogP contribution in [-0.2, 0) is 31.8 Å². The molecule has 13 heteroatoms. The van der Waals surface area contributed by atoms with E-state index in [4.69, 9.17) is 19.3 Å². The van der Waals surface area contributed by atoms with Crippen molar-refractivity contribution in [3.05, 3.63) is 47.2 Å². The SMILES string of the molecule is CCc1nc(C(CCC(=O)O)NC(=O)C(Cc2ccc(OP(=O)(O)O)cc2)NC(C)=O)oc1C. The van der Waals surface area contributed by atoms with Crippen molar-refractivity contribution in [2.24, 2.45) is 0 Å². The van der Waals surface area contributed by atoms with Gasteiger partial charge in [-0.1, -0.05) is 19.1 Å². The third-order valence-electron chi connectivity index (χ3n) is 4.79. The number of phosphoric acid groups is 1. The molecule has 1 aromatic carbocycles. The summed E-state index contributed by atoms with van der Waals surface area (Å²) >= 11 is 0. The number of carboxylic acid groups (broad SMARTS) is 1. The second-order valence-electron chi connectivity index (χ2n) is 7.59. The molecule has 2 rings (SSSR count). The first kappa shape index (κ1) is 27.0. The number of hydrogen-bond donors (Lipinski definition) is 5. The molecule has 5 N–H and O–H groups in total. The molecule has 2 amide bonds. The fourth-order valence-corrected chi connectivity index (χ4v) is 3.64. The van der Waals surface area contributed by atoms with Gasteiger partial charge in [-0.3, -0.25) is 24.2 Å². The van der Waals surface area contributed by atoms with E-state index in [1.165, 1.54) is 31.2 Å². The Balaban J connectivity index is 2.21. The largest absolute Gasteiger partial charge is 0.524 e. The number of carboxylic acids is 1. The highest BCUT2D eigenvalue weighted by molar-refractivity contribution is 7.46. The molecule has 0 aliphatic heterocycles. The first-order chi connectivity index (χ1) is 15.9. The number of phosphoric ester groups is 1. The number of nitrogens with zero attached hydrogens (tertiary/aromatic N) is 1. The number of benzene rings is 1. The molecular weight excluding hydrogens is 469 g/mol. The fraction of sp³-hybridized carbons (Fsp3) is 0.429. The minimum atomic E-state index is -4.71. The molecule has 0 saturated heterocycles. The number of rotatable bonds is 12. The Morgan fingerprint density at radius 1 is 1.18 bits per heavy atom. The van der Waals surface area contributed by atoms with Crippen molar-refractivity contribution >= 4 is 25.6 Å². The minimum absolute atomic E-state index is 0.0331. The Labute approximate surface area is 196 Å². The van der Waals surface area contributed by atoms with Gasteiger partial charge in [-0.05, 0) is 37.5 Å². The first-order valence-electron chi connectivity index (χ1n) is 10.5. The van der Waals surface area contributed by atoms with E-state index in [1.807, 2.05) is 6.92 Å². The molecule has 1 aromatic heterocycles. The standard InChI is InChI=1S/C21H28N3O9P/c1-4-16-12(2)32-21(24-16)17(9-10-19(26)27)23-20(28)18(22-13(3)25)11-14-5-7-15(8-6-14)33-34(29,30)31/h5-8,17-18H,4,9-11H2,1-3H3,(H,22,25)(H,23,28)(H,26,27)(H2,29,30,31). The molecule has 2 unspecified atom stereocenters. The zero-order valence-corrected chi connectivity index (χ0v) is 19.9. The Hall–Kier alpha value is -3.21. The van der Waals surface area contributed by atoms with Crippen LogP contribution in [0.1, 0.15) is 55.6 Å². The summed E-state index contributed by atoms with van der Waals surface area (Å²) < 4.78 is 21.1. The highest BCUT2D eigenvalue weighted by Gasteiger charge is 2.27. The molecule has 34 heavy (non-hydrogen) atoms. The van der Waals surface area contributed by atoms with Gasteiger partial charge in [0, 0.05) is 19.8 Å². The average molecular weight is 497 g/mol. The second kappa shape index (κ2) is 11.8. The van der Waals surface area contributed by atoms with Crippen LogP contribution >= 0.6 is 7.82 Å². The van der Waals surface area contributed by atoms with Crippen molar-refractivity contribution in [3.8, 4) is 5.75 Å². The lowest BCUT2D eigenvalue weighted by Crippen LogP contribution is -2.48. The highest BCUT2D eigenvalue weighted by Crippen LogP contribution is 2.37. The van der Waals surface area contributed by atoms with E-state index in [2.05, 4.69) is 20.1 Å². The maximum atomic E-state index is 13.1. The smallest absolute Gasteiger partial charge is 0.481 e. The quantitative estimate of drug-likeness (QED) is 0.270. The normalized spacial score (nSPS) is 13.1. The van der Waals surface area contributed by atoms with Gasteiger partial charge < -0.3 is 24.7 Å². The summed E-state index contributed by atoms with van der Waals surface area (Å²) in [5, 5.41) is 14.4. The summed E-state index contributed by atoms with van der Waals surface area (Å²) in [6.45, 7) is 4.87. The van der Waals surface area contributed by atoms with Crippen LogP contribution in [0.2, 0.25) is 0 Å². The van der Waals surface area contributed by atoms with Crippen molar-refractivity contribution in [2.75, 3.05) is 0 Å². The number of nitrogens with one attached hydrogen (secondary N) is 2. The van der Waals surface area contributed by atoms with Crippen molar-refractivity contribution in [2.45, 2.75) is 58.5 Å². The number of carbonyl (C=O) groups excluding carboxylic acids is 2. The molecular formula is C21H28N3O9P. The molecule has 2 aromatic rings. The lowest BCUT2D eigenvalue weighted by molar-refractivity contribution is -0.137. The Kier molecular flexibility index (Phi) is 9.36. The lowest BCUT2D eigenvalue weighted by Gasteiger charge is -2.21. The average Bonchev–Trinajstić information content (AvgIpc) is 3.10. The van der Waals surface area contributed by atoms with E-state index in [-0.39, 0.29) is 30.9 Å². The van der Waals surface area contributed by atoms with Crippen LogP contribution in [-0.4, -0.2) is 43.7 Å². The van der Waals surface area contributed by atoms with E-state index >= 15 is 0 Å². The van der Waals surface area contributed by atoms with E-state index in [9.17, 15) is 18.9 Å². The van der Waals surface area contributed by atoms with Gasteiger partial charge in [0.15, 0.2) is 0 Å². The molecule has 0 bridgehead atoms. The molecule has 2 atom stereocenters. The molecule has 0 saturated carbocycles. The number of aliphatic carboxylic acids is 1. The number of aromatic nitrogens is 1. The number of aryl methyl sites for hydroxylation is 2. The van der Waals surface area contributed by atoms with Gasteiger partial charge >= 0.3 is 13.8 Å². The first-order valence-corrected chi connectivity index (χ1v) is 12.0. The monoisotopic (exact) mass is 497 g/mol. The molecule has 0 aliphatic rings. The predicted molar refractivity (Wildman–Crippen MR) is 119 cm³/mol.